The van der Waals surface area contributed by atoms with Crippen LogP contribution in [0.5, 0.6) is 0 Å². The van der Waals surface area contributed by atoms with Crippen molar-refractivity contribution in [2.75, 3.05) is 19.7 Å². The van der Waals surface area contributed by atoms with Gasteiger partial charge in [0.15, 0.2) is 0 Å². The van der Waals surface area contributed by atoms with Gasteiger partial charge in [-0.3, -0.25) is 4.79 Å². The first kappa shape index (κ1) is 12.0. The molecule has 1 aliphatic heterocycles. The molecule has 1 heterocycles. The van der Waals surface area contributed by atoms with Crippen molar-refractivity contribution in [3.05, 3.63) is 12.3 Å². The van der Waals surface area contributed by atoms with E-state index >= 15 is 0 Å². The van der Waals surface area contributed by atoms with E-state index in [4.69, 9.17) is 9.47 Å². The molecular formula is C11H19NO3. The molecule has 0 fully saturated rings. The van der Waals surface area contributed by atoms with E-state index in [0.717, 1.165) is 19.4 Å². The quantitative estimate of drug-likeness (QED) is 0.532. The third kappa shape index (κ3) is 5.42. The van der Waals surface area contributed by atoms with Crippen LogP contribution >= 0.6 is 0 Å². The van der Waals surface area contributed by atoms with Gasteiger partial charge >= 0.3 is 5.97 Å². The lowest BCUT2D eigenvalue weighted by Gasteiger charge is -2.19. The molecule has 1 rings (SSSR count). The van der Waals surface area contributed by atoms with E-state index in [9.17, 15) is 4.79 Å². The van der Waals surface area contributed by atoms with Crippen molar-refractivity contribution in [3.63, 3.8) is 0 Å². The second kappa shape index (κ2) is 7.29. The van der Waals surface area contributed by atoms with Crippen LogP contribution in [0.1, 0.15) is 26.2 Å². The predicted molar refractivity (Wildman–Crippen MR) is 57.4 cm³/mol. The Bertz CT molecular complexity index is 216. The lowest BCUT2D eigenvalue weighted by Crippen LogP contribution is -2.30. The zero-order chi connectivity index (χ0) is 10.9. The van der Waals surface area contributed by atoms with Crippen LogP contribution in [0.15, 0.2) is 12.3 Å². The second-order valence-corrected chi connectivity index (χ2v) is 3.47. The van der Waals surface area contributed by atoms with Crippen molar-refractivity contribution in [1.29, 1.82) is 0 Å². The molecule has 0 bridgehead atoms. The molecule has 0 aromatic rings. The minimum absolute atomic E-state index is 0.144. The molecule has 0 saturated carbocycles. The summed E-state index contributed by atoms with van der Waals surface area (Å²) in [5.41, 5.74) is 0. The minimum atomic E-state index is -0.144. The fourth-order valence-electron chi connectivity index (χ4n) is 1.42. The minimum Gasteiger partial charge on any atom is -0.497 e. The molecule has 4 nitrogen and oxygen atoms in total. The molecular weight excluding hydrogens is 194 g/mol. The molecule has 15 heavy (non-hydrogen) atoms. The Kier molecular flexibility index (Phi) is 5.85. The number of nitrogens with one attached hydrogen (secondary N) is 1. The van der Waals surface area contributed by atoms with Crippen LogP contribution in [0, 0.1) is 0 Å². The van der Waals surface area contributed by atoms with E-state index in [1.54, 1.807) is 6.26 Å². The van der Waals surface area contributed by atoms with Crippen molar-refractivity contribution in [1.82, 2.24) is 5.32 Å². The number of hydrogen-bond acceptors (Lipinski definition) is 4. The summed E-state index contributed by atoms with van der Waals surface area (Å²) in [4.78, 5) is 11.0. The van der Waals surface area contributed by atoms with E-state index in [1.807, 2.05) is 13.0 Å². The Hall–Kier alpha value is -1.03. The van der Waals surface area contributed by atoms with E-state index in [1.165, 1.54) is 0 Å². The van der Waals surface area contributed by atoms with Crippen LogP contribution in [0.2, 0.25) is 0 Å². The molecule has 1 unspecified atom stereocenters. The molecule has 0 radical (unpaired) electrons. The van der Waals surface area contributed by atoms with E-state index in [0.29, 0.717) is 19.6 Å². The van der Waals surface area contributed by atoms with Gasteiger partial charge in [-0.2, -0.15) is 0 Å². The van der Waals surface area contributed by atoms with Gasteiger partial charge < -0.3 is 14.8 Å². The third-order valence-corrected chi connectivity index (χ3v) is 2.21. The van der Waals surface area contributed by atoms with Gasteiger partial charge in [-0.15, -0.1) is 0 Å². The SMILES string of the molecule is CCOC(=O)CCNCC1CCC=CO1. The summed E-state index contributed by atoms with van der Waals surface area (Å²) in [7, 11) is 0. The van der Waals surface area contributed by atoms with Crippen LogP contribution in [0.4, 0.5) is 0 Å². The molecule has 1 N–H and O–H groups in total. The van der Waals surface area contributed by atoms with Gasteiger partial charge in [0.25, 0.3) is 0 Å². The zero-order valence-corrected chi connectivity index (χ0v) is 9.20. The molecule has 0 aromatic carbocycles. The molecule has 0 saturated heterocycles. The fourth-order valence-corrected chi connectivity index (χ4v) is 1.42. The smallest absolute Gasteiger partial charge is 0.307 e. The molecule has 0 aromatic heterocycles. The highest BCUT2D eigenvalue weighted by atomic mass is 16.5. The maximum Gasteiger partial charge on any atom is 0.307 e. The molecule has 0 amide bonds. The summed E-state index contributed by atoms with van der Waals surface area (Å²) in [5.74, 6) is -0.144. The number of esters is 1. The topological polar surface area (TPSA) is 47.6 Å². The number of allylic oxidation sites excluding steroid dienone is 1. The van der Waals surface area contributed by atoms with Crippen LogP contribution in [-0.2, 0) is 14.3 Å². The normalized spacial score (nSPS) is 19.7. The summed E-state index contributed by atoms with van der Waals surface area (Å²) in [6.45, 7) is 3.72. The van der Waals surface area contributed by atoms with E-state index < -0.39 is 0 Å². The van der Waals surface area contributed by atoms with Gasteiger partial charge in [0.05, 0.1) is 19.3 Å². The van der Waals surface area contributed by atoms with Crippen molar-refractivity contribution < 1.29 is 14.3 Å². The van der Waals surface area contributed by atoms with Crippen molar-refractivity contribution in [2.45, 2.75) is 32.3 Å². The lowest BCUT2D eigenvalue weighted by atomic mass is 10.1. The number of carbonyl (C=O) groups excluding carboxylic acids is 1. The van der Waals surface area contributed by atoms with E-state index in [-0.39, 0.29) is 12.1 Å². The van der Waals surface area contributed by atoms with Crippen LogP contribution in [0.25, 0.3) is 0 Å². The number of rotatable bonds is 6. The van der Waals surface area contributed by atoms with Gasteiger partial charge in [0.1, 0.15) is 6.10 Å². The molecule has 0 aliphatic carbocycles. The first-order chi connectivity index (χ1) is 7.33. The maximum atomic E-state index is 11.0. The Labute approximate surface area is 90.6 Å². The molecule has 0 spiro atoms. The maximum absolute atomic E-state index is 11.0. The summed E-state index contributed by atoms with van der Waals surface area (Å²) in [6.07, 6.45) is 6.57. The molecule has 1 aliphatic rings. The third-order valence-electron chi connectivity index (χ3n) is 2.21. The standard InChI is InChI=1S/C11H19NO3/c1-2-14-11(13)6-7-12-9-10-5-3-4-8-15-10/h4,8,10,12H,2-3,5-7,9H2,1H3. The highest BCUT2D eigenvalue weighted by molar-refractivity contribution is 5.69. The lowest BCUT2D eigenvalue weighted by molar-refractivity contribution is -0.143. The summed E-state index contributed by atoms with van der Waals surface area (Å²) in [5, 5.41) is 3.18. The Balaban J connectivity index is 1.96. The van der Waals surface area contributed by atoms with Gasteiger partial charge in [-0.1, -0.05) is 0 Å². The molecule has 4 heteroatoms. The molecule has 1 atom stereocenters. The average Bonchev–Trinajstić information content (AvgIpc) is 2.26. The number of hydrogen-bond donors (Lipinski definition) is 1. The largest absolute Gasteiger partial charge is 0.497 e. The van der Waals surface area contributed by atoms with E-state index in [2.05, 4.69) is 5.32 Å². The monoisotopic (exact) mass is 213 g/mol. The van der Waals surface area contributed by atoms with Gasteiger partial charge in [-0.25, -0.2) is 0 Å². The summed E-state index contributed by atoms with van der Waals surface area (Å²) >= 11 is 0. The highest BCUT2D eigenvalue weighted by Crippen LogP contribution is 2.08. The van der Waals surface area contributed by atoms with Crippen LogP contribution in [0.3, 0.4) is 0 Å². The summed E-state index contributed by atoms with van der Waals surface area (Å²) in [6, 6.07) is 0. The predicted octanol–water partition coefficient (Wildman–Crippen LogP) is 1.22. The van der Waals surface area contributed by atoms with Gasteiger partial charge in [-0.05, 0) is 25.8 Å². The number of ether oxygens (including phenoxy) is 2. The zero-order valence-electron chi connectivity index (χ0n) is 9.20. The van der Waals surface area contributed by atoms with Crippen LogP contribution < -0.4 is 5.32 Å². The first-order valence-corrected chi connectivity index (χ1v) is 5.49. The Morgan fingerprint density at radius 2 is 2.53 bits per heavy atom. The Morgan fingerprint density at radius 1 is 1.67 bits per heavy atom. The Morgan fingerprint density at radius 3 is 3.20 bits per heavy atom. The van der Waals surface area contributed by atoms with Crippen molar-refractivity contribution >= 4 is 5.97 Å². The average molecular weight is 213 g/mol. The fraction of sp³-hybridized carbons (Fsp3) is 0.727. The van der Waals surface area contributed by atoms with Crippen molar-refractivity contribution in [3.8, 4) is 0 Å². The summed E-state index contributed by atoms with van der Waals surface area (Å²) < 4.78 is 10.2. The van der Waals surface area contributed by atoms with Crippen molar-refractivity contribution in [2.24, 2.45) is 0 Å². The van der Waals surface area contributed by atoms with Gasteiger partial charge in [0.2, 0.25) is 0 Å². The molecule has 86 valence electrons. The first-order valence-electron chi connectivity index (χ1n) is 5.49. The number of carbonyl (C=O) groups is 1. The van der Waals surface area contributed by atoms with Gasteiger partial charge in [0, 0.05) is 13.1 Å². The van der Waals surface area contributed by atoms with Crippen LogP contribution in [-0.4, -0.2) is 31.8 Å². The highest BCUT2D eigenvalue weighted by Gasteiger charge is 2.10. The second-order valence-electron chi connectivity index (χ2n) is 3.47.